The first-order chi connectivity index (χ1) is 9.50. The van der Waals surface area contributed by atoms with Gasteiger partial charge in [-0.3, -0.25) is 15.0 Å². The van der Waals surface area contributed by atoms with E-state index in [1.165, 1.54) is 12.8 Å². The lowest BCUT2D eigenvalue weighted by atomic mass is 10.1. The van der Waals surface area contributed by atoms with Crippen LogP contribution < -0.4 is 5.32 Å². The number of benzene rings is 1. The molecule has 20 heavy (non-hydrogen) atoms. The number of likely N-dealkylation sites (N-methyl/N-ethyl adjacent to an activating group) is 1. The van der Waals surface area contributed by atoms with Gasteiger partial charge in [0.15, 0.2) is 0 Å². The van der Waals surface area contributed by atoms with Crippen LogP contribution in [0.4, 0.5) is 5.69 Å². The molecule has 0 aromatic heterocycles. The van der Waals surface area contributed by atoms with Gasteiger partial charge >= 0.3 is 0 Å². The maximum Gasteiger partial charge on any atom is 0.274 e. The Morgan fingerprint density at radius 1 is 1.40 bits per heavy atom. The van der Waals surface area contributed by atoms with Gasteiger partial charge < -0.3 is 5.32 Å². The molecule has 0 bridgehead atoms. The molecule has 110 valence electrons. The first-order valence-electron chi connectivity index (χ1n) is 7.19. The second-order valence-corrected chi connectivity index (χ2v) is 5.69. The van der Waals surface area contributed by atoms with Gasteiger partial charge in [-0.05, 0) is 33.7 Å². The van der Waals surface area contributed by atoms with Crippen molar-refractivity contribution < 1.29 is 4.92 Å². The highest BCUT2D eigenvalue weighted by molar-refractivity contribution is 5.41. The van der Waals surface area contributed by atoms with Gasteiger partial charge in [0.2, 0.25) is 0 Å². The Balaban J connectivity index is 1.94. The fourth-order valence-electron chi connectivity index (χ4n) is 2.46. The molecule has 1 N–H and O–H groups in total. The standard InChI is InChI=1S/C15H23N3O2/c1-11(17(3)13-8-9-13)10-16-12(2)14-6-4-5-7-15(14)18(19)20/h4-7,11-13,16H,8-10H2,1-3H3. The van der Waals surface area contributed by atoms with Gasteiger partial charge in [-0.25, -0.2) is 0 Å². The molecule has 2 atom stereocenters. The summed E-state index contributed by atoms with van der Waals surface area (Å²) < 4.78 is 0. The molecule has 0 heterocycles. The second-order valence-electron chi connectivity index (χ2n) is 5.69. The van der Waals surface area contributed by atoms with E-state index in [1.54, 1.807) is 12.1 Å². The van der Waals surface area contributed by atoms with Gasteiger partial charge in [0, 0.05) is 36.3 Å². The fourth-order valence-corrected chi connectivity index (χ4v) is 2.46. The molecule has 1 saturated carbocycles. The molecule has 1 aliphatic rings. The van der Waals surface area contributed by atoms with Crippen molar-refractivity contribution in [2.45, 2.75) is 44.8 Å². The van der Waals surface area contributed by atoms with Crippen molar-refractivity contribution in [3.8, 4) is 0 Å². The van der Waals surface area contributed by atoms with E-state index in [-0.39, 0.29) is 16.7 Å². The predicted molar refractivity (Wildman–Crippen MR) is 79.8 cm³/mol. The van der Waals surface area contributed by atoms with Gasteiger partial charge in [-0.15, -0.1) is 0 Å². The third-order valence-electron chi connectivity index (χ3n) is 4.14. The van der Waals surface area contributed by atoms with Gasteiger partial charge in [0.25, 0.3) is 5.69 Å². The molecule has 0 radical (unpaired) electrons. The van der Waals surface area contributed by atoms with Crippen LogP contribution in [0.2, 0.25) is 0 Å². The Labute approximate surface area is 120 Å². The minimum absolute atomic E-state index is 0.0216. The summed E-state index contributed by atoms with van der Waals surface area (Å²) in [5, 5.41) is 14.5. The van der Waals surface area contributed by atoms with E-state index in [1.807, 2.05) is 19.1 Å². The van der Waals surface area contributed by atoms with Crippen LogP contribution in [-0.2, 0) is 0 Å². The quantitative estimate of drug-likeness (QED) is 0.615. The van der Waals surface area contributed by atoms with Crippen LogP contribution in [0.25, 0.3) is 0 Å². The summed E-state index contributed by atoms with van der Waals surface area (Å²) in [5.74, 6) is 0. The lowest BCUT2D eigenvalue weighted by Crippen LogP contribution is -2.39. The molecule has 0 saturated heterocycles. The average molecular weight is 277 g/mol. The summed E-state index contributed by atoms with van der Waals surface area (Å²) in [5.41, 5.74) is 0.939. The van der Waals surface area contributed by atoms with Crippen molar-refractivity contribution in [1.29, 1.82) is 0 Å². The second kappa shape index (κ2) is 6.33. The molecule has 0 aliphatic heterocycles. The number of nitrogens with one attached hydrogen (secondary N) is 1. The van der Waals surface area contributed by atoms with Crippen LogP contribution in [0.5, 0.6) is 0 Å². The van der Waals surface area contributed by atoms with Crippen LogP contribution in [0.1, 0.15) is 38.3 Å². The normalized spacial score (nSPS) is 18.0. The van der Waals surface area contributed by atoms with Crippen LogP contribution in [0.15, 0.2) is 24.3 Å². The van der Waals surface area contributed by atoms with Crippen molar-refractivity contribution >= 4 is 5.69 Å². The monoisotopic (exact) mass is 277 g/mol. The Morgan fingerprint density at radius 3 is 2.65 bits per heavy atom. The molecule has 5 heteroatoms. The highest BCUT2D eigenvalue weighted by atomic mass is 16.6. The van der Waals surface area contributed by atoms with Crippen molar-refractivity contribution in [3.05, 3.63) is 39.9 Å². The third-order valence-corrected chi connectivity index (χ3v) is 4.14. The van der Waals surface area contributed by atoms with Gasteiger partial charge in [-0.2, -0.15) is 0 Å². The van der Waals surface area contributed by atoms with Gasteiger partial charge in [0.05, 0.1) is 4.92 Å². The van der Waals surface area contributed by atoms with Crippen LogP contribution >= 0.6 is 0 Å². The summed E-state index contributed by atoms with van der Waals surface area (Å²) in [6.45, 7) is 5.00. The molecule has 2 rings (SSSR count). The van der Waals surface area contributed by atoms with E-state index in [4.69, 9.17) is 0 Å². The molecule has 1 aliphatic carbocycles. The van der Waals surface area contributed by atoms with Crippen LogP contribution in [0.3, 0.4) is 0 Å². The van der Waals surface area contributed by atoms with E-state index < -0.39 is 0 Å². The molecule has 1 aromatic carbocycles. The number of nitrogens with zero attached hydrogens (tertiary/aromatic N) is 2. The largest absolute Gasteiger partial charge is 0.308 e. The lowest BCUT2D eigenvalue weighted by Gasteiger charge is -2.26. The maximum atomic E-state index is 11.0. The minimum atomic E-state index is -0.312. The summed E-state index contributed by atoms with van der Waals surface area (Å²) in [7, 11) is 2.15. The molecule has 0 spiro atoms. The Hall–Kier alpha value is -1.46. The Morgan fingerprint density at radius 2 is 2.05 bits per heavy atom. The SMILES string of the molecule is CC(NCC(C)N(C)C1CC1)c1ccccc1[N+](=O)[O-]. The zero-order valence-corrected chi connectivity index (χ0v) is 12.4. The molecule has 1 aromatic rings. The molecule has 5 nitrogen and oxygen atoms in total. The zero-order valence-electron chi connectivity index (χ0n) is 12.4. The Kier molecular flexibility index (Phi) is 4.73. The summed E-state index contributed by atoms with van der Waals surface area (Å²) in [6, 6.07) is 8.09. The number of hydrogen-bond acceptors (Lipinski definition) is 4. The van der Waals surface area contributed by atoms with Gasteiger partial charge in [0.1, 0.15) is 0 Å². The smallest absolute Gasteiger partial charge is 0.274 e. The first kappa shape index (κ1) is 14.9. The van der Waals surface area contributed by atoms with E-state index in [9.17, 15) is 10.1 Å². The number of nitro groups is 1. The number of rotatable bonds is 7. The highest BCUT2D eigenvalue weighted by Crippen LogP contribution is 2.27. The van der Waals surface area contributed by atoms with Crippen molar-refractivity contribution in [2.24, 2.45) is 0 Å². The maximum absolute atomic E-state index is 11.0. The van der Waals surface area contributed by atoms with E-state index >= 15 is 0 Å². The third kappa shape index (κ3) is 3.55. The average Bonchev–Trinajstić information content (AvgIpc) is 3.28. The van der Waals surface area contributed by atoms with Gasteiger partial charge in [-0.1, -0.05) is 18.2 Å². The van der Waals surface area contributed by atoms with Crippen LogP contribution in [0, 0.1) is 10.1 Å². The van der Waals surface area contributed by atoms with Crippen molar-refractivity contribution in [2.75, 3.05) is 13.6 Å². The fraction of sp³-hybridized carbons (Fsp3) is 0.600. The molecular formula is C15H23N3O2. The number of hydrogen-bond donors (Lipinski definition) is 1. The van der Waals surface area contributed by atoms with E-state index in [2.05, 4.69) is 24.2 Å². The summed E-state index contributed by atoms with van der Waals surface area (Å²) in [6.07, 6.45) is 2.58. The molecule has 0 amide bonds. The molecule has 2 unspecified atom stereocenters. The number of para-hydroxylation sites is 1. The minimum Gasteiger partial charge on any atom is -0.308 e. The van der Waals surface area contributed by atoms with Crippen LogP contribution in [-0.4, -0.2) is 35.5 Å². The zero-order chi connectivity index (χ0) is 14.7. The van der Waals surface area contributed by atoms with E-state index in [0.717, 1.165) is 18.2 Å². The lowest BCUT2D eigenvalue weighted by molar-refractivity contribution is -0.385. The first-order valence-corrected chi connectivity index (χ1v) is 7.19. The predicted octanol–water partition coefficient (Wildman–Crippen LogP) is 2.73. The highest BCUT2D eigenvalue weighted by Gasteiger charge is 2.29. The summed E-state index contributed by atoms with van der Waals surface area (Å²) >= 11 is 0. The summed E-state index contributed by atoms with van der Waals surface area (Å²) in [4.78, 5) is 13.1. The number of nitro benzene ring substituents is 1. The topological polar surface area (TPSA) is 58.4 Å². The Bertz CT molecular complexity index is 474. The van der Waals surface area contributed by atoms with E-state index in [0.29, 0.717) is 6.04 Å². The molecule has 1 fully saturated rings. The molecular weight excluding hydrogens is 254 g/mol. The van der Waals surface area contributed by atoms with Crippen molar-refractivity contribution in [3.63, 3.8) is 0 Å². The van der Waals surface area contributed by atoms with Crippen molar-refractivity contribution in [1.82, 2.24) is 10.2 Å².